The largest absolute Gasteiger partial charge is 0.311 e. The second kappa shape index (κ2) is 15.0. The predicted molar refractivity (Wildman–Crippen MR) is 324 cm³/mol. The first-order valence-corrected chi connectivity index (χ1v) is 28.6. The lowest BCUT2D eigenvalue weighted by atomic mass is 9.33. The molecule has 13 rings (SSSR count). The molecule has 4 aliphatic carbocycles. The number of anilines is 6. The molecule has 7 aromatic carbocycles. The average Bonchev–Trinajstić information content (AvgIpc) is 3.79. The topological polar surface area (TPSA) is 6.48 Å². The molecule has 3 heteroatoms. The lowest BCUT2D eigenvalue weighted by Crippen LogP contribution is -2.61. The maximum atomic E-state index is 2.74. The van der Waals surface area contributed by atoms with E-state index in [2.05, 4.69) is 250 Å². The molecule has 0 unspecified atom stereocenters. The third-order valence-electron chi connectivity index (χ3n) is 20.3. The molecule has 0 saturated carbocycles. The Morgan fingerprint density at radius 3 is 1.61 bits per heavy atom. The lowest BCUT2D eigenvalue weighted by molar-refractivity contribution is 0.332. The van der Waals surface area contributed by atoms with Gasteiger partial charge in [-0.15, -0.1) is 0 Å². The molecule has 0 bridgehead atoms. The van der Waals surface area contributed by atoms with E-state index in [9.17, 15) is 0 Å². The summed E-state index contributed by atoms with van der Waals surface area (Å²) >= 11 is 0. The first-order chi connectivity index (χ1) is 34.9. The van der Waals surface area contributed by atoms with Crippen molar-refractivity contribution in [2.24, 2.45) is 0 Å². The Balaban J connectivity index is 1.17. The zero-order chi connectivity index (χ0) is 53.3. The zero-order valence-corrected chi connectivity index (χ0v) is 48.8. The number of rotatable bonds is 3. The van der Waals surface area contributed by atoms with Crippen LogP contribution in [0.2, 0.25) is 0 Å². The molecular weight excluding hydrogens is 904 g/mol. The normalized spacial score (nSPS) is 20.6. The minimum atomic E-state index is -0.120. The van der Waals surface area contributed by atoms with Gasteiger partial charge in [0, 0.05) is 39.5 Å². The quantitative estimate of drug-likeness (QED) is 0.163. The maximum absolute atomic E-state index is 2.74. The summed E-state index contributed by atoms with van der Waals surface area (Å²) in [6, 6.07) is 47.3. The Labute approximate surface area is 451 Å². The summed E-state index contributed by atoms with van der Waals surface area (Å²) < 4.78 is 0. The van der Waals surface area contributed by atoms with Crippen LogP contribution >= 0.6 is 0 Å². The predicted octanol–water partition coefficient (Wildman–Crippen LogP) is 17.6. The molecule has 0 fully saturated rings. The summed E-state index contributed by atoms with van der Waals surface area (Å²) in [7, 11) is 0. The van der Waals surface area contributed by atoms with Gasteiger partial charge in [0.25, 0.3) is 6.71 Å². The maximum Gasteiger partial charge on any atom is 0.252 e. The van der Waals surface area contributed by atoms with Crippen molar-refractivity contribution in [2.75, 3.05) is 9.80 Å². The number of hydrogen-bond acceptors (Lipinski definition) is 2. The van der Waals surface area contributed by atoms with Gasteiger partial charge in [-0.05, 0) is 207 Å². The van der Waals surface area contributed by atoms with Crippen LogP contribution in [0.3, 0.4) is 0 Å². The zero-order valence-electron chi connectivity index (χ0n) is 48.8. The van der Waals surface area contributed by atoms with Gasteiger partial charge in [-0.1, -0.05) is 190 Å². The van der Waals surface area contributed by atoms with Crippen molar-refractivity contribution in [3.05, 3.63) is 171 Å². The van der Waals surface area contributed by atoms with Crippen molar-refractivity contribution in [1.82, 2.24) is 0 Å². The van der Waals surface area contributed by atoms with Gasteiger partial charge in [0.05, 0.1) is 0 Å². The molecule has 0 amide bonds. The average molecular weight is 985 g/mol. The summed E-state index contributed by atoms with van der Waals surface area (Å²) in [5.74, 6) is 0. The highest BCUT2D eigenvalue weighted by molar-refractivity contribution is 7.00. The first kappa shape index (κ1) is 48.8. The number of benzene rings is 7. The first-order valence-electron chi connectivity index (χ1n) is 28.6. The van der Waals surface area contributed by atoms with Crippen LogP contribution in [0.5, 0.6) is 0 Å². The van der Waals surface area contributed by atoms with Crippen LogP contribution in [0.15, 0.2) is 115 Å². The fourth-order valence-corrected chi connectivity index (χ4v) is 16.7. The highest BCUT2D eigenvalue weighted by Gasteiger charge is 2.50. The molecule has 75 heavy (non-hydrogen) atoms. The van der Waals surface area contributed by atoms with Gasteiger partial charge < -0.3 is 9.80 Å². The number of hydrogen-bond donors (Lipinski definition) is 0. The van der Waals surface area contributed by atoms with Gasteiger partial charge in [0.2, 0.25) is 0 Å². The van der Waals surface area contributed by atoms with E-state index < -0.39 is 0 Å². The Hall–Kier alpha value is -5.80. The van der Waals surface area contributed by atoms with E-state index in [4.69, 9.17) is 0 Å². The Bertz CT molecular complexity index is 3650. The fraction of sp³-hybridized carbons (Fsp3) is 0.417. The lowest BCUT2D eigenvalue weighted by Gasteiger charge is -2.47. The number of aryl methyl sites for hydroxylation is 1. The Morgan fingerprint density at radius 2 is 0.947 bits per heavy atom. The van der Waals surface area contributed by atoms with E-state index in [1.165, 1.54) is 141 Å². The van der Waals surface area contributed by atoms with Crippen LogP contribution in [0.4, 0.5) is 34.1 Å². The standard InChI is InChI=1S/C72H81BN2/c1-42-32-51-54(67(7,8)31-30-66(51,5)6)38-59(42)75-58-29-26-43(46-23-21-25-50-63(46)47-22-19-20-24-48(47)72(50,17)18)33-56(58)73-57-37-53-55(71(15,16)41-70(53,13)14)39-60(57)74(61-34-44(65(2,3)4)35-62(75)64(61)73)45-27-28-49-52(36-45)69(11,12)40-68(49,9)10/h19-29,32-39H,30-31,40-41H2,1-18H3. The molecule has 2 aliphatic heterocycles. The van der Waals surface area contributed by atoms with E-state index >= 15 is 0 Å². The fourth-order valence-electron chi connectivity index (χ4n) is 16.7. The Morgan fingerprint density at radius 1 is 0.413 bits per heavy atom. The molecule has 2 nitrogen and oxygen atoms in total. The monoisotopic (exact) mass is 985 g/mol. The van der Waals surface area contributed by atoms with Crippen molar-refractivity contribution in [3.8, 4) is 22.3 Å². The van der Waals surface area contributed by atoms with E-state index in [0.29, 0.717) is 0 Å². The summed E-state index contributed by atoms with van der Waals surface area (Å²) in [4.78, 5) is 5.48. The SMILES string of the molecule is Cc1cc2c(cc1N1c3ccc(-c4cccc5c4-c4ccccc4C5(C)C)cc3B3c4cc5c(cc4N(c4ccc6c(c4)C(C)(C)CC6(C)C)c4cc(C(C)(C)C)cc1c43)C(C)(C)CC5(C)C)C(C)(C)CCC2(C)C. The molecule has 7 aromatic rings. The molecule has 6 aliphatic rings. The van der Waals surface area contributed by atoms with E-state index in [-0.39, 0.29) is 50.0 Å². The van der Waals surface area contributed by atoms with Crippen LogP contribution in [-0.2, 0) is 43.3 Å². The molecule has 382 valence electrons. The van der Waals surface area contributed by atoms with Crippen LogP contribution in [0.25, 0.3) is 22.3 Å². The van der Waals surface area contributed by atoms with Crippen LogP contribution < -0.4 is 26.2 Å². The van der Waals surface area contributed by atoms with Gasteiger partial charge in [0.15, 0.2) is 0 Å². The van der Waals surface area contributed by atoms with Gasteiger partial charge in [-0.3, -0.25) is 0 Å². The molecule has 2 heterocycles. The van der Waals surface area contributed by atoms with E-state index in [1.54, 1.807) is 0 Å². The molecule has 0 radical (unpaired) electrons. The molecule has 0 N–H and O–H groups in total. The summed E-state index contributed by atoms with van der Waals surface area (Å²) in [5, 5.41) is 0. The molecule has 0 spiro atoms. The van der Waals surface area contributed by atoms with Crippen LogP contribution in [-0.4, -0.2) is 6.71 Å². The van der Waals surface area contributed by atoms with Gasteiger partial charge in [-0.2, -0.15) is 0 Å². The minimum Gasteiger partial charge on any atom is -0.311 e. The van der Waals surface area contributed by atoms with Gasteiger partial charge in [0.1, 0.15) is 0 Å². The smallest absolute Gasteiger partial charge is 0.252 e. The Kier molecular flexibility index (Phi) is 9.78. The molecule has 0 atom stereocenters. The van der Waals surface area contributed by atoms with E-state index in [1.807, 2.05) is 0 Å². The second-order valence-electron chi connectivity index (χ2n) is 30.0. The van der Waals surface area contributed by atoms with E-state index in [0.717, 1.165) is 12.8 Å². The van der Waals surface area contributed by atoms with Crippen molar-refractivity contribution in [1.29, 1.82) is 0 Å². The highest BCUT2D eigenvalue weighted by Crippen LogP contribution is 2.58. The van der Waals surface area contributed by atoms with Crippen molar-refractivity contribution in [3.63, 3.8) is 0 Å². The third kappa shape index (κ3) is 6.77. The summed E-state index contributed by atoms with van der Waals surface area (Å²) in [6.45, 7) is 44.2. The van der Waals surface area contributed by atoms with Gasteiger partial charge >= 0.3 is 0 Å². The van der Waals surface area contributed by atoms with Crippen LogP contribution in [0.1, 0.15) is 199 Å². The van der Waals surface area contributed by atoms with Crippen molar-refractivity contribution < 1.29 is 0 Å². The second-order valence-corrected chi connectivity index (χ2v) is 30.0. The molecule has 0 saturated heterocycles. The van der Waals surface area contributed by atoms with Crippen molar-refractivity contribution in [2.45, 2.75) is 194 Å². The minimum absolute atomic E-state index is 0.00937. The third-order valence-corrected chi connectivity index (χ3v) is 20.3. The van der Waals surface area contributed by atoms with Crippen molar-refractivity contribution >= 4 is 57.2 Å². The highest BCUT2D eigenvalue weighted by atomic mass is 15.2. The molecular formula is C72H81BN2. The van der Waals surface area contributed by atoms with Gasteiger partial charge in [-0.25, -0.2) is 0 Å². The molecule has 0 aromatic heterocycles. The summed E-state index contributed by atoms with van der Waals surface area (Å²) in [6.07, 6.45) is 4.62. The number of nitrogens with zero attached hydrogens (tertiary/aromatic N) is 2. The summed E-state index contributed by atoms with van der Waals surface area (Å²) in [5.41, 5.74) is 32.1. The van der Waals surface area contributed by atoms with Crippen LogP contribution in [0, 0.1) is 6.92 Å². The number of fused-ring (bicyclic) bond motifs is 10.